The summed E-state index contributed by atoms with van der Waals surface area (Å²) in [5.74, 6) is -0.591. The number of aryl methyl sites for hydroxylation is 1. The number of Topliss-reactive ketones (excluding diaryl/α,β-unsaturated/α-hetero) is 1. The quantitative estimate of drug-likeness (QED) is 0.507. The van der Waals surface area contributed by atoms with Gasteiger partial charge in [0.1, 0.15) is 0 Å². The van der Waals surface area contributed by atoms with Gasteiger partial charge in [-0.15, -0.1) is 11.3 Å². The van der Waals surface area contributed by atoms with Gasteiger partial charge in [0, 0.05) is 11.4 Å². The van der Waals surface area contributed by atoms with Gasteiger partial charge in [0.25, 0.3) is 0 Å². The molecular formula is C19H23NO5S2. The lowest BCUT2D eigenvalue weighted by Gasteiger charge is -2.09. The topological polar surface area (TPSA) is 89.5 Å². The van der Waals surface area contributed by atoms with E-state index in [-0.39, 0.29) is 30.3 Å². The van der Waals surface area contributed by atoms with E-state index in [1.54, 1.807) is 18.2 Å². The summed E-state index contributed by atoms with van der Waals surface area (Å²) in [5, 5.41) is 0. The number of carbonyl (C=O) groups is 2. The number of hydrogen-bond acceptors (Lipinski definition) is 6. The molecule has 0 aliphatic heterocycles. The second kappa shape index (κ2) is 9.25. The third-order valence-corrected chi connectivity index (χ3v) is 6.38. The first-order chi connectivity index (χ1) is 12.7. The highest BCUT2D eigenvalue weighted by atomic mass is 32.2. The number of rotatable bonds is 9. The molecule has 2 rings (SSSR count). The summed E-state index contributed by atoms with van der Waals surface area (Å²) in [5.41, 5.74) is 1.04. The van der Waals surface area contributed by atoms with E-state index in [1.807, 2.05) is 26.8 Å². The van der Waals surface area contributed by atoms with Crippen molar-refractivity contribution in [2.45, 2.75) is 38.0 Å². The van der Waals surface area contributed by atoms with Gasteiger partial charge in [-0.2, -0.15) is 0 Å². The Labute approximate surface area is 163 Å². The summed E-state index contributed by atoms with van der Waals surface area (Å²) in [6.45, 7) is 5.49. The highest BCUT2D eigenvalue weighted by Gasteiger charge is 2.16. The van der Waals surface area contributed by atoms with Crippen molar-refractivity contribution in [1.82, 2.24) is 4.72 Å². The molecule has 0 radical (unpaired) electrons. The van der Waals surface area contributed by atoms with Crippen LogP contribution in [0.2, 0.25) is 0 Å². The van der Waals surface area contributed by atoms with Crippen LogP contribution in [-0.4, -0.2) is 33.3 Å². The summed E-state index contributed by atoms with van der Waals surface area (Å²) in [6, 6.07) is 10.1. The smallest absolute Gasteiger partial charge is 0.307 e. The Kier molecular flexibility index (Phi) is 7.29. The predicted octanol–water partition coefficient (Wildman–Crippen LogP) is 3.27. The Bertz CT molecular complexity index is 898. The van der Waals surface area contributed by atoms with Crippen LogP contribution in [0.1, 0.15) is 46.3 Å². The van der Waals surface area contributed by atoms with E-state index in [0.29, 0.717) is 10.8 Å². The highest BCUT2D eigenvalue weighted by molar-refractivity contribution is 7.89. The fraction of sp³-hybridized carbons (Fsp3) is 0.368. The van der Waals surface area contributed by atoms with E-state index in [4.69, 9.17) is 4.74 Å². The number of carbonyl (C=O) groups excluding carboxylic acids is 2. The molecule has 0 aliphatic rings. The van der Waals surface area contributed by atoms with Crippen molar-refractivity contribution in [3.8, 4) is 0 Å². The second-order valence-electron chi connectivity index (χ2n) is 6.37. The van der Waals surface area contributed by atoms with E-state index in [9.17, 15) is 18.0 Å². The second-order valence-corrected chi connectivity index (χ2v) is 9.42. The molecular weight excluding hydrogens is 386 g/mol. The van der Waals surface area contributed by atoms with Crippen LogP contribution in [0.3, 0.4) is 0 Å². The van der Waals surface area contributed by atoms with Crippen LogP contribution >= 0.6 is 11.3 Å². The van der Waals surface area contributed by atoms with Crippen molar-refractivity contribution in [2.75, 3.05) is 13.2 Å². The largest absolute Gasteiger partial charge is 0.457 e. The molecule has 0 saturated carbocycles. The molecule has 27 heavy (non-hydrogen) atoms. The minimum atomic E-state index is -3.69. The van der Waals surface area contributed by atoms with Crippen LogP contribution < -0.4 is 4.72 Å². The molecule has 0 unspecified atom stereocenters. The molecule has 1 aromatic carbocycles. The van der Waals surface area contributed by atoms with E-state index >= 15 is 0 Å². The Morgan fingerprint density at radius 2 is 1.78 bits per heavy atom. The van der Waals surface area contributed by atoms with Crippen LogP contribution in [0.5, 0.6) is 0 Å². The zero-order valence-corrected chi connectivity index (χ0v) is 17.2. The molecule has 6 nitrogen and oxygen atoms in total. The van der Waals surface area contributed by atoms with Crippen molar-refractivity contribution < 1.29 is 22.7 Å². The van der Waals surface area contributed by atoms with E-state index in [2.05, 4.69) is 4.72 Å². The van der Waals surface area contributed by atoms with Gasteiger partial charge in [-0.1, -0.05) is 26.0 Å². The maximum atomic E-state index is 12.2. The van der Waals surface area contributed by atoms with Crippen molar-refractivity contribution >= 4 is 33.1 Å². The van der Waals surface area contributed by atoms with Crippen LogP contribution in [0.4, 0.5) is 0 Å². The molecule has 0 bridgehead atoms. The average molecular weight is 410 g/mol. The summed E-state index contributed by atoms with van der Waals surface area (Å²) < 4.78 is 31.7. The maximum absolute atomic E-state index is 12.2. The Hall–Kier alpha value is -2.03. The minimum Gasteiger partial charge on any atom is -0.457 e. The number of thiophene rings is 1. The lowest BCUT2D eigenvalue weighted by atomic mass is 10.0. The standard InChI is InChI=1S/C19H23NO5S2/c1-13(2)15-5-7-16(8-6-15)27(23,24)20-11-10-19(22)25-12-17(21)18-9-4-14(3)26-18/h4-9,13,20H,10-12H2,1-3H3. The number of sulfonamides is 1. The van der Waals surface area contributed by atoms with Crippen molar-refractivity contribution in [3.05, 3.63) is 51.7 Å². The summed E-state index contributed by atoms with van der Waals surface area (Å²) in [6.07, 6.45) is -0.153. The lowest BCUT2D eigenvalue weighted by Crippen LogP contribution is -2.27. The molecule has 2 aromatic rings. The highest BCUT2D eigenvalue weighted by Crippen LogP contribution is 2.17. The monoisotopic (exact) mass is 409 g/mol. The molecule has 0 spiro atoms. The van der Waals surface area contributed by atoms with Gasteiger partial charge >= 0.3 is 5.97 Å². The number of hydrogen-bond donors (Lipinski definition) is 1. The predicted molar refractivity (Wildman–Crippen MR) is 105 cm³/mol. The van der Waals surface area contributed by atoms with E-state index < -0.39 is 16.0 Å². The SMILES string of the molecule is Cc1ccc(C(=O)COC(=O)CCNS(=O)(=O)c2ccc(C(C)C)cc2)s1. The molecule has 0 amide bonds. The van der Waals surface area contributed by atoms with Crippen LogP contribution in [-0.2, 0) is 19.6 Å². The van der Waals surface area contributed by atoms with E-state index in [1.165, 1.54) is 23.5 Å². The first-order valence-electron chi connectivity index (χ1n) is 8.54. The summed E-state index contributed by atoms with van der Waals surface area (Å²) >= 11 is 1.34. The number of benzene rings is 1. The zero-order chi connectivity index (χ0) is 20.0. The van der Waals surface area contributed by atoms with Gasteiger partial charge in [-0.25, -0.2) is 13.1 Å². The lowest BCUT2D eigenvalue weighted by molar-refractivity contribution is -0.142. The zero-order valence-electron chi connectivity index (χ0n) is 15.5. The normalized spacial score (nSPS) is 11.6. The average Bonchev–Trinajstić information content (AvgIpc) is 3.06. The Balaban J connectivity index is 1.78. The Morgan fingerprint density at radius 1 is 1.11 bits per heavy atom. The molecule has 0 atom stereocenters. The van der Waals surface area contributed by atoms with Gasteiger partial charge in [-0.05, 0) is 42.7 Å². The van der Waals surface area contributed by atoms with Gasteiger partial charge in [0.05, 0.1) is 16.2 Å². The third kappa shape index (κ3) is 6.27. The molecule has 1 aromatic heterocycles. The molecule has 8 heteroatoms. The molecule has 0 saturated heterocycles. The van der Waals surface area contributed by atoms with Crippen LogP contribution in [0, 0.1) is 6.92 Å². The number of nitrogens with one attached hydrogen (secondary N) is 1. The fourth-order valence-electron chi connectivity index (χ4n) is 2.28. The molecule has 146 valence electrons. The number of ether oxygens (including phenoxy) is 1. The van der Waals surface area contributed by atoms with Gasteiger partial charge in [0.15, 0.2) is 6.61 Å². The molecule has 1 N–H and O–H groups in total. The van der Waals surface area contributed by atoms with Crippen molar-refractivity contribution in [3.63, 3.8) is 0 Å². The summed E-state index contributed by atoms with van der Waals surface area (Å²) in [7, 11) is -3.69. The fourth-order valence-corrected chi connectivity index (χ4v) is 4.10. The minimum absolute atomic E-state index is 0.0978. The molecule has 0 fully saturated rings. The molecule has 1 heterocycles. The van der Waals surface area contributed by atoms with E-state index in [0.717, 1.165) is 10.4 Å². The van der Waals surface area contributed by atoms with Gasteiger partial charge < -0.3 is 4.74 Å². The van der Waals surface area contributed by atoms with Crippen molar-refractivity contribution in [1.29, 1.82) is 0 Å². The van der Waals surface area contributed by atoms with Crippen LogP contribution in [0.25, 0.3) is 0 Å². The summed E-state index contributed by atoms with van der Waals surface area (Å²) in [4.78, 5) is 25.3. The van der Waals surface area contributed by atoms with Gasteiger partial charge in [-0.3, -0.25) is 9.59 Å². The van der Waals surface area contributed by atoms with Crippen LogP contribution in [0.15, 0.2) is 41.3 Å². The third-order valence-electron chi connectivity index (χ3n) is 3.86. The Morgan fingerprint density at radius 3 is 2.33 bits per heavy atom. The molecule has 0 aliphatic carbocycles. The van der Waals surface area contributed by atoms with Crippen molar-refractivity contribution in [2.24, 2.45) is 0 Å². The number of ketones is 1. The first-order valence-corrected chi connectivity index (χ1v) is 10.8. The number of esters is 1. The maximum Gasteiger partial charge on any atom is 0.307 e. The first kappa shape index (κ1) is 21.3. The van der Waals surface area contributed by atoms with Gasteiger partial charge in [0.2, 0.25) is 15.8 Å².